The summed E-state index contributed by atoms with van der Waals surface area (Å²) in [6, 6.07) is 0. The third-order valence-corrected chi connectivity index (χ3v) is 7.93. The molecule has 0 radical (unpaired) electrons. The molecule has 35 heavy (non-hydrogen) atoms. The van der Waals surface area contributed by atoms with Gasteiger partial charge in [0.25, 0.3) is 5.19 Å². The molecule has 0 atom stereocenters. The van der Waals surface area contributed by atoms with Crippen LogP contribution >= 0.6 is 11.3 Å². The molecule has 1 fully saturated rings. The highest BCUT2D eigenvalue weighted by atomic mass is 32.1. The molecule has 2 aromatic rings. The highest BCUT2D eigenvalue weighted by Crippen LogP contribution is 2.39. The third-order valence-electron chi connectivity index (χ3n) is 6.86. The zero-order valence-corrected chi connectivity index (χ0v) is 20.6. The molecule has 2 aromatic heterocycles. The van der Waals surface area contributed by atoms with Gasteiger partial charge in [-0.1, -0.05) is 11.3 Å². The zero-order chi connectivity index (χ0) is 25.1. The number of alkyl halides is 4. The summed E-state index contributed by atoms with van der Waals surface area (Å²) in [4.78, 5) is 21.2. The number of thiazole rings is 1. The lowest BCUT2D eigenvalue weighted by Crippen LogP contribution is -2.36. The van der Waals surface area contributed by atoms with Gasteiger partial charge in [-0.2, -0.15) is 28.2 Å². The van der Waals surface area contributed by atoms with Crippen LogP contribution in [0, 0.1) is 5.92 Å². The third kappa shape index (κ3) is 7.70. The van der Waals surface area contributed by atoms with E-state index in [1.54, 1.807) is 13.2 Å². The largest absolute Gasteiger partial charge is 0.460 e. The Hall–Kier alpha value is -2.08. The van der Waals surface area contributed by atoms with Crippen molar-refractivity contribution in [2.75, 3.05) is 26.2 Å². The van der Waals surface area contributed by atoms with E-state index in [1.165, 1.54) is 16.1 Å². The molecule has 2 aliphatic rings. The monoisotopic (exact) mass is 517 g/mol. The molecule has 12 heteroatoms. The fraction of sp³-hybridized carbons (Fsp3) is 0.739. The van der Waals surface area contributed by atoms with E-state index in [9.17, 15) is 18.0 Å². The number of aryl methyl sites for hydroxylation is 1. The fourth-order valence-electron chi connectivity index (χ4n) is 4.89. The predicted molar refractivity (Wildman–Crippen MR) is 122 cm³/mol. The van der Waals surface area contributed by atoms with Gasteiger partial charge in [0, 0.05) is 44.4 Å². The normalized spacial score (nSPS) is 23.6. The van der Waals surface area contributed by atoms with E-state index in [-0.39, 0.29) is 23.3 Å². The SMILES string of the molecule is Cn1ncc(CC(=O)CC2CCC(F)(CCN3CCc4nc(OCC(F)(F)F)sc4CC3)CC2)n1. The van der Waals surface area contributed by atoms with Crippen molar-refractivity contribution < 1.29 is 27.1 Å². The van der Waals surface area contributed by atoms with E-state index in [2.05, 4.69) is 20.1 Å². The van der Waals surface area contributed by atoms with Crippen LogP contribution in [0.4, 0.5) is 17.6 Å². The molecule has 0 amide bonds. The Labute approximate surface area is 205 Å². The topological polar surface area (TPSA) is 73.1 Å². The van der Waals surface area contributed by atoms with E-state index in [0.717, 1.165) is 17.1 Å². The molecule has 0 N–H and O–H groups in total. The first-order valence-corrected chi connectivity index (χ1v) is 12.8. The molecule has 0 spiro atoms. The van der Waals surface area contributed by atoms with E-state index >= 15 is 4.39 Å². The number of fused-ring (bicyclic) bond motifs is 1. The molecule has 3 heterocycles. The Morgan fingerprint density at radius 3 is 2.69 bits per heavy atom. The molecule has 7 nitrogen and oxygen atoms in total. The number of carbonyl (C=O) groups is 1. The molecule has 0 aromatic carbocycles. The summed E-state index contributed by atoms with van der Waals surface area (Å²) in [7, 11) is 1.71. The molecule has 0 saturated heterocycles. The highest BCUT2D eigenvalue weighted by molar-refractivity contribution is 7.13. The summed E-state index contributed by atoms with van der Waals surface area (Å²) < 4.78 is 57.4. The van der Waals surface area contributed by atoms with Crippen molar-refractivity contribution in [3.8, 4) is 5.19 Å². The number of hydrogen-bond donors (Lipinski definition) is 0. The van der Waals surface area contributed by atoms with Crippen LogP contribution in [-0.4, -0.2) is 68.7 Å². The lowest BCUT2D eigenvalue weighted by atomic mass is 9.76. The molecule has 1 aliphatic heterocycles. The number of Topliss-reactive ketones (excluding diaryl/α,β-unsaturated/α-hetero) is 1. The molecule has 0 unspecified atom stereocenters. The Bertz CT molecular complexity index is 975. The molecular weight excluding hydrogens is 486 g/mol. The molecule has 194 valence electrons. The van der Waals surface area contributed by atoms with Crippen molar-refractivity contribution in [2.24, 2.45) is 13.0 Å². The minimum absolute atomic E-state index is 0.0652. The van der Waals surface area contributed by atoms with Crippen LogP contribution < -0.4 is 4.74 Å². The summed E-state index contributed by atoms with van der Waals surface area (Å²) in [5.41, 5.74) is 0.245. The van der Waals surface area contributed by atoms with Crippen molar-refractivity contribution in [1.29, 1.82) is 0 Å². The number of ether oxygens (including phenoxy) is 1. The van der Waals surface area contributed by atoms with Crippen molar-refractivity contribution >= 4 is 17.1 Å². The van der Waals surface area contributed by atoms with Crippen LogP contribution in [-0.2, 0) is 31.1 Å². The number of aromatic nitrogens is 4. The van der Waals surface area contributed by atoms with Gasteiger partial charge >= 0.3 is 6.18 Å². The summed E-state index contributed by atoms with van der Waals surface area (Å²) in [6.45, 7) is 0.731. The van der Waals surface area contributed by atoms with Gasteiger partial charge in [0.2, 0.25) is 0 Å². The maximum Gasteiger partial charge on any atom is 0.422 e. The quantitative estimate of drug-likeness (QED) is 0.467. The maximum absolute atomic E-state index is 15.5. The second kappa shape index (κ2) is 10.9. The van der Waals surface area contributed by atoms with E-state index < -0.39 is 18.5 Å². The molecule has 4 rings (SSSR count). The molecular formula is C23H31F4N5O2S. The summed E-state index contributed by atoms with van der Waals surface area (Å²) in [5, 5.41) is 8.19. The van der Waals surface area contributed by atoms with Gasteiger partial charge in [-0.3, -0.25) is 4.79 Å². The first-order chi connectivity index (χ1) is 16.6. The van der Waals surface area contributed by atoms with Crippen molar-refractivity contribution in [2.45, 2.75) is 69.6 Å². The number of carbonyl (C=O) groups excluding carboxylic acids is 1. The van der Waals surface area contributed by atoms with Gasteiger partial charge in [0.05, 0.1) is 24.0 Å². The van der Waals surface area contributed by atoms with Gasteiger partial charge in [-0.05, 0) is 44.4 Å². The van der Waals surface area contributed by atoms with Crippen LogP contribution in [0.3, 0.4) is 0 Å². The first-order valence-electron chi connectivity index (χ1n) is 12.0. The Morgan fingerprint density at radius 1 is 1.26 bits per heavy atom. The Kier molecular flexibility index (Phi) is 8.09. The van der Waals surface area contributed by atoms with E-state index in [4.69, 9.17) is 4.74 Å². The maximum atomic E-state index is 15.5. The summed E-state index contributed by atoms with van der Waals surface area (Å²) in [5.74, 6) is 0.344. The lowest BCUT2D eigenvalue weighted by molar-refractivity contribution is -0.153. The molecule has 0 bridgehead atoms. The van der Waals surface area contributed by atoms with Crippen LogP contribution in [0.15, 0.2) is 6.20 Å². The summed E-state index contributed by atoms with van der Waals surface area (Å²) >= 11 is 1.17. The van der Waals surface area contributed by atoms with Gasteiger partial charge in [0.1, 0.15) is 11.5 Å². The van der Waals surface area contributed by atoms with Gasteiger partial charge in [-0.15, -0.1) is 0 Å². The van der Waals surface area contributed by atoms with Crippen molar-refractivity contribution in [3.05, 3.63) is 22.5 Å². The number of rotatable bonds is 9. The first kappa shape index (κ1) is 26.0. The number of nitrogens with zero attached hydrogens (tertiary/aromatic N) is 5. The summed E-state index contributed by atoms with van der Waals surface area (Å²) in [6.07, 6.45) is 2.08. The van der Waals surface area contributed by atoms with Crippen LogP contribution in [0.1, 0.15) is 54.8 Å². The average molecular weight is 518 g/mol. The van der Waals surface area contributed by atoms with E-state index in [1.807, 2.05) is 0 Å². The van der Waals surface area contributed by atoms with E-state index in [0.29, 0.717) is 70.2 Å². The molecule has 1 saturated carbocycles. The second-order valence-corrected chi connectivity index (χ2v) is 10.7. The van der Waals surface area contributed by atoms with Gasteiger partial charge < -0.3 is 9.64 Å². The van der Waals surface area contributed by atoms with Gasteiger partial charge in [0.15, 0.2) is 6.61 Å². The Balaban J connectivity index is 1.17. The predicted octanol–water partition coefficient (Wildman–Crippen LogP) is 4.10. The lowest BCUT2D eigenvalue weighted by Gasteiger charge is -2.35. The van der Waals surface area contributed by atoms with Crippen molar-refractivity contribution in [1.82, 2.24) is 24.9 Å². The minimum atomic E-state index is -4.38. The van der Waals surface area contributed by atoms with Crippen LogP contribution in [0.25, 0.3) is 0 Å². The highest BCUT2D eigenvalue weighted by Gasteiger charge is 2.36. The standard InChI is InChI=1S/C23H31F4N5O2S/c1-31-28-14-17(30-31)13-18(33)12-16-2-6-22(24,7-3-16)8-11-32-9-4-19-20(5-10-32)35-21(29-19)34-15-23(25,26)27/h14,16H,2-13,15H2,1H3. The second-order valence-electron chi connectivity index (χ2n) is 9.68. The Morgan fingerprint density at radius 2 is 2.00 bits per heavy atom. The van der Waals surface area contributed by atoms with Crippen molar-refractivity contribution in [3.63, 3.8) is 0 Å². The fourth-order valence-corrected chi connectivity index (χ4v) is 5.83. The van der Waals surface area contributed by atoms with Crippen LogP contribution in [0.2, 0.25) is 0 Å². The zero-order valence-electron chi connectivity index (χ0n) is 19.8. The average Bonchev–Trinajstić information content (AvgIpc) is 3.33. The smallest absolute Gasteiger partial charge is 0.422 e. The van der Waals surface area contributed by atoms with Gasteiger partial charge in [-0.25, -0.2) is 9.37 Å². The number of hydrogen-bond acceptors (Lipinski definition) is 7. The number of ketones is 1. The molecule has 1 aliphatic carbocycles. The number of halogens is 4. The van der Waals surface area contributed by atoms with Crippen LogP contribution in [0.5, 0.6) is 5.19 Å². The minimum Gasteiger partial charge on any atom is -0.460 e.